The summed E-state index contributed by atoms with van der Waals surface area (Å²) in [6.07, 6.45) is 0.910. The third-order valence-electron chi connectivity index (χ3n) is 3.42. The Morgan fingerprint density at radius 2 is 1.89 bits per heavy atom. The van der Waals surface area contributed by atoms with E-state index in [9.17, 15) is 5.26 Å². The van der Waals surface area contributed by atoms with Gasteiger partial charge in [0.2, 0.25) is 0 Å². The largest absolute Gasteiger partial charge is 0.372 e. The van der Waals surface area contributed by atoms with Crippen molar-refractivity contribution in [3.05, 3.63) is 35.9 Å². The number of benzene rings is 1. The lowest BCUT2D eigenvalue weighted by Gasteiger charge is -2.32. The predicted molar refractivity (Wildman–Crippen MR) is 73.1 cm³/mol. The summed E-state index contributed by atoms with van der Waals surface area (Å²) in [6, 6.07) is 12.0. The predicted octanol–water partition coefficient (Wildman–Crippen LogP) is 2.83. The molecule has 0 aliphatic carbocycles. The first kappa shape index (κ1) is 14.7. The molecular formula is C15H22N2O. The van der Waals surface area contributed by atoms with Gasteiger partial charge in [0.15, 0.2) is 5.54 Å². The molecule has 0 spiro atoms. The topological polar surface area (TPSA) is 45.0 Å². The summed E-state index contributed by atoms with van der Waals surface area (Å²) >= 11 is 0. The molecule has 0 aliphatic rings. The van der Waals surface area contributed by atoms with Gasteiger partial charge in [-0.25, -0.2) is 0 Å². The number of likely N-dealkylation sites (N-methyl/N-ethyl adjacent to an activating group) is 1. The fourth-order valence-corrected chi connectivity index (χ4v) is 1.58. The van der Waals surface area contributed by atoms with Crippen molar-refractivity contribution in [1.82, 2.24) is 5.32 Å². The normalized spacial score (nSPS) is 14.8. The molecule has 1 rings (SSSR count). The van der Waals surface area contributed by atoms with Gasteiger partial charge in [-0.1, -0.05) is 37.3 Å². The molecule has 0 fully saturated rings. The quantitative estimate of drug-likeness (QED) is 0.839. The molecule has 18 heavy (non-hydrogen) atoms. The molecule has 0 bridgehead atoms. The van der Waals surface area contributed by atoms with E-state index in [1.54, 1.807) is 7.05 Å². The fourth-order valence-electron chi connectivity index (χ4n) is 1.58. The summed E-state index contributed by atoms with van der Waals surface area (Å²) in [7, 11) is 1.79. The van der Waals surface area contributed by atoms with Gasteiger partial charge in [-0.2, -0.15) is 5.26 Å². The number of nitrogens with one attached hydrogen (secondary N) is 1. The highest BCUT2D eigenvalue weighted by Crippen LogP contribution is 2.24. The standard InChI is InChI=1S/C15H22N2O/c1-5-14(2,3)18-12-15(11-16,17-4)13-9-7-6-8-10-13/h6-10,17H,5,12H2,1-4H3. The molecule has 98 valence electrons. The smallest absolute Gasteiger partial charge is 0.155 e. The van der Waals surface area contributed by atoms with Crippen LogP contribution < -0.4 is 5.32 Å². The molecule has 1 N–H and O–H groups in total. The van der Waals surface area contributed by atoms with Crippen molar-refractivity contribution >= 4 is 0 Å². The van der Waals surface area contributed by atoms with Crippen LogP contribution in [0.4, 0.5) is 0 Å². The SMILES string of the molecule is CCC(C)(C)OCC(C#N)(NC)c1ccccc1. The van der Waals surface area contributed by atoms with E-state index in [-0.39, 0.29) is 5.60 Å². The Balaban J connectivity index is 2.93. The number of nitrogens with zero attached hydrogens (tertiary/aromatic N) is 1. The molecule has 1 aromatic carbocycles. The Labute approximate surface area is 110 Å². The second-order valence-corrected chi connectivity index (χ2v) is 5.04. The van der Waals surface area contributed by atoms with Crippen LogP contribution >= 0.6 is 0 Å². The lowest BCUT2D eigenvalue weighted by atomic mass is 9.92. The Morgan fingerprint density at radius 3 is 2.33 bits per heavy atom. The molecular weight excluding hydrogens is 224 g/mol. The first-order valence-electron chi connectivity index (χ1n) is 6.29. The van der Waals surface area contributed by atoms with E-state index in [1.165, 1.54) is 0 Å². The Morgan fingerprint density at radius 1 is 1.28 bits per heavy atom. The van der Waals surface area contributed by atoms with E-state index >= 15 is 0 Å². The van der Waals surface area contributed by atoms with Gasteiger partial charge in [0.05, 0.1) is 18.3 Å². The van der Waals surface area contributed by atoms with E-state index in [2.05, 4.69) is 18.3 Å². The molecule has 0 aromatic heterocycles. The van der Waals surface area contributed by atoms with Gasteiger partial charge < -0.3 is 4.74 Å². The maximum Gasteiger partial charge on any atom is 0.155 e. The summed E-state index contributed by atoms with van der Waals surface area (Å²) < 4.78 is 5.90. The highest BCUT2D eigenvalue weighted by molar-refractivity contribution is 5.31. The highest BCUT2D eigenvalue weighted by atomic mass is 16.5. The summed E-state index contributed by atoms with van der Waals surface area (Å²) in [5, 5.41) is 12.6. The third-order valence-corrected chi connectivity index (χ3v) is 3.42. The fraction of sp³-hybridized carbons (Fsp3) is 0.533. The van der Waals surface area contributed by atoms with Crippen molar-refractivity contribution in [2.24, 2.45) is 0 Å². The highest BCUT2D eigenvalue weighted by Gasteiger charge is 2.33. The zero-order valence-corrected chi connectivity index (χ0v) is 11.7. The summed E-state index contributed by atoms with van der Waals surface area (Å²) in [5.41, 5.74) is -0.0663. The lowest BCUT2D eigenvalue weighted by molar-refractivity contribution is -0.0410. The van der Waals surface area contributed by atoms with Gasteiger partial charge in [0.25, 0.3) is 0 Å². The molecule has 0 heterocycles. The number of ether oxygens (including phenoxy) is 1. The monoisotopic (exact) mass is 246 g/mol. The van der Waals surface area contributed by atoms with Crippen molar-refractivity contribution in [3.63, 3.8) is 0 Å². The Hall–Kier alpha value is -1.37. The van der Waals surface area contributed by atoms with Crippen molar-refractivity contribution in [3.8, 4) is 6.07 Å². The van der Waals surface area contributed by atoms with E-state index in [4.69, 9.17) is 4.74 Å². The lowest BCUT2D eigenvalue weighted by Crippen LogP contribution is -2.45. The van der Waals surface area contributed by atoms with Crippen LogP contribution in [0.25, 0.3) is 0 Å². The number of rotatable bonds is 6. The molecule has 1 atom stereocenters. The van der Waals surface area contributed by atoms with Crippen molar-refractivity contribution in [1.29, 1.82) is 5.26 Å². The minimum absolute atomic E-state index is 0.215. The van der Waals surface area contributed by atoms with Gasteiger partial charge in [0, 0.05) is 0 Å². The van der Waals surface area contributed by atoms with E-state index in [0.29, 0.717) is 6.61 Å². The van der Waals surface area contributed by atoms with Gasteiger partial charge in [-0.05, 0) is 32.9 Å². The second-order valence-electron chi connectivity index (χ2n) is 5.04. The van der Waals surface area contributed by atoms with Crippen LogP contribution in [-0.4, -0.2) is 19.3 Å². The van der Waals surface area contributed by atoms with E-state index in [0.717, 1.165) is 12.0 Å². The van der Waals surface area contributed by atoms with Gasteiger partial charge >= 0.3 is 0 Å². The Kier molecular flexibility index (Phi) is 4.89. The van der Waals surface area contributed by atoms with Crippen LogP contribution in [0.5, 0.6) is 0 Å². The Bertz CT molecular complexity index is 408. The minimum Gasteiger partial charge on any atom is -0.372 e. The maximum absolute atomic E-state index is 9.51. The van der Waals surface area contributed by atoms with Crippen LogP contribution in [0, 0.1) is 11.3 Å². The molecule has 0 aliphatic heterocycles. The molecule has 0 radical (unpaired) electrons. The maximum atomic E-state index is 9.51. The molecule has 3 heteroatoms. The van der Waals surface area contributed by atoms with E-state index in [1.807, 2.05) is 44.2 Å². The second kappa shape index (κ2) is 5.99. The first-order chi connectivity index (χ1) is 8.49. The summed E-state index contributed by atoms with van der Waals surface area (Å²) in [6.45, 7) is 6.49. The zero-order chi connectivity index (χ0) is 13.6. The van der Waals surface area contributed by atoms with Crippen LogP contribution in [0.2, 0.25) is 0 Å². The number of nitriles is 1. The van der Waals surface area contributed by atoms with Gasteiger partial charge in [-0.15, -0.1) is 0 Å². The summed E-state index contributed by atoms with van der Waals surface area (Å²) in [4.78, 5) is 0. The van der Waals surface area contributed by atoms with Crippen LogP contribution in [-0.2, 0) is 10.3 Å². The van der Waals surface area contributed by atoms with Crippen molar-refractivity contribution in [2.75, 3.05) is 13.7 Å². The van der Waals surface area contributed by atoms with Crippen molar-refractivity contribution < 1.29 is 4.74 Å². The molecule has 1 aromatic rings. The van der Waals surface area contributed by atoms with Crippen LogP contribution in [0.1, 0.15) is 32.8 Å². The number of hydrogen-bond acceptors (Lipinski definition) is 3. The minimum atomic E-state index is -0.784. The van der Waals surface area contributed by atoms with Crippen LogP contribution in [0.3, 0.4) is 0 Å². The molecule has 3 nitrogen and oxygen atoms in total. The van der Waals surface area contributed by atoms with Gasteiger partial charge in [0.1, 0.15) is 0 Å². The third kappa shape index (κ3) is 3.32. The summed E-state index contributed by atoms with van der Waals surface area (Å²) in [5.74, 6) is 0. The average molecular weight is 246 g/mol. The van der Waals surface area contributed by atoms with Crippen molar-refractivity contribution in [2.45, 2.75) is 38.3 Å². The number of hydrogen-bond donors (Lipinski definition) is 1. The molecule has 0 saturated heterocycles. The zero-order valence-electron chi connectivity index (χ0n) is 11.7. The molecule has 0 amide bonds. The first-order valence-corrected chi connectivity index (χ1v) is 6.29. The molecule has 0 saturated carbocycles. The molecule has 1 unspecified atom stereocenters. The van der Waals surface area contributed by atoms with Crippen LogP contribution in [0.15, 0.2) is 30.3 Å². The van der Waals surface area contributed by atoms with Gasteiger partial charge in [-0.3, -0.25) is 5.32 Å². The average Bonchev–Trinajstić information content (AvgIpc) is 2.42. The van der Waals surface area contributed by atoms with E-state index < -0.39 is 5.54 Å².